The number of nitrogens with zero attached hydrogens (tertiary/aromatic N) is 4. The molecule has 116 valence electrons. The van der Waals surface area contributed by atoms with Gasteiger partial charge in [0.15, 0.2) is 0 Å². The van der Waals surface area contributed by atoms with Crippen LogP contribution < -0.4 is 0 Å². The fraction of sp³-hybridized carbons (Fsp3) is 0.615. The molecule has 1 aliphatic rings. The summed E-state index contributed by atoms with van der Waals surface area (Å²) in [6, 6.07) is 0. The molecule has 0 N–H and O–H groups in total. The lowest BCUT2D eigenvalue weighted by Crippen LogP contribution is -2.51. The third-order valence-electron chi connectivity index (χ3n) is 3.34. The summed E-state index contributed by atoms with van der Waals surface area (Å²) in [4.78, 5) is 27.2. The molecule has 2 amide bonds. The Hall–Kier alpha value is -1.57. The highest BCUT2D eigenvalue weighted by atomic mass is 79.9. The van der Waals surface area contributed by atoms with Crippen molar-refractivity contribution in [2.75, 3.05) is 32.8 Å². The minimum atomic E-state index is -0.309. The standard InChI is InChI=1S/C13H19BrN4O3/c1-3-21-13(20)17-6-4-16(5-7-17)12(19)9-18-8-11(14)10(2)15-18/h8H,3-7,9H2,1-2H3. The van der Waals surface area contributed by atoms with Crippen molar-refractivity contribution in [2.45, 2.75) is 20.4 Å². The zero-order chi connectivity index (χ0) is 15.4. The van der Waals surface area contributed by atoms with Crippen LogP contribution in [0.4, 0.5) is 4.79 Å². The highest BCUT2D eigenvalue weighted by Crippen LogP contribution is 2.13. The molecule has 8 heteroatoms. The van der Waals surface area contributed by atoms with E-state index < -0.39 is 0 Å². The Kier molecular flexibility index (Phi) is 5.22. The van der Waals surface area contributed by atoms with Crippen molar-refractivity contribution in [3.05, 3.63) is 16.4 Å². The molecule has 1 saturated heterocycles. The molecule has 0 aliphatic carbocycles. The van der Waals surface area contributed by atoms with Gasteiger partial charge >= 0.3 is 6.09 Å². The maximum absolute atomic E-state index is 12.2. The van der Waals surface area contributed by atoms with E-state index in [0.717, 1.165) is 10.2 Å². The van der Waals surface area contributed by atoms with Crippen molar-refractivity contribution in [3.8, 4) is 0 Å². The second kappa shape index (κ2) is 6.93. The Morgan fingerprint density at radius 2 is 1.90 bits per heavy atom. The summed E-state index contributed by atoms with van der Waals surface area (Å²) in [7, 11) is 0. The van der Waals surface area contributed by atoms with Gasteiger partial charge in [-0.1, -0.05) is 0 Å². The first kappa shape index (κ1) is 15.8. The van der Waals surface area contributed by atoms with Crippen molar-refractivity contribution >= 4 is 27.9 Å². The molecule has 7 nitrogen and oxygen atoms in total. The van der Waals surface area contributed by atoms with Crippen LogP contribution in [0.15, 0.2) is 10.7 Å². The number of aryl methyl sites for hydroxylation is 1. The van der Waals surface area contributed by atoms with Gasteiger partial charge in [0, 0.05) is 32.4 Å². The summed E-state index contributed by atoms with van der Waals surface area (Å²) in [5.41, 5.74) is 0.856. The highest BCUT2D eigenvalue weighted by molar-refractivity contribution is 9.10. The van der Waals surface area contributed by atoms with Crippen LogP contribution in [0.25, 0.3) is 0 Å². The molecule has 0 bridgehead atoms. The fourth-order valence-corrected chi connectivity index (χ4v) is 2.48. The Morgan fingerprint density at radius 1 is 1.29 bits per heavy atom. The second-order valence-corrected chi connectivity index (χ2v) is 5.68. The van der Waals surface area contributed by atoms with Gasteiger partial charge in [0.1, 0.15) is 6.54 Å². The van der Waals surface area contributed by atoms with Gasteiger partial charge in [0.05, 0.1) is 16.8 Å². The third-order valence-corrected chi connectivity index (χ3v) is 4.12. The lowest BCUT2D eigenvalue weighted by molar-refractivity contribution is -0.133. The predicted molar refractivity (Wildman–Crippen MR) is 79.8 cm³/mol. The van der Waals surface area contributed by atoms with Crippen LogP contribution in [0, 0.1) is 6.92 Å². The molecule has 1 aromatic heterocycles. The van der Waals surface area contributed by atoms with Gasteiger partial charge in [0.25, 0.3) is 0 Å². The number of ether oxygens (including phenoxy) is 1. The molecule has 1 aromatic rings. The molecule has 0 spiro atoms. The molecule has 0 atom stereocenters. The molecule has 0 unspecified atom stereocenters. The Bertz CT molecular complexity index is 504. The van der Waals surface area contributed by atoms with E-state index in [-0.39, 0.29) is 18.5 Å². The topological polar surface area (TPSA) is 67.7 Å². The van der Waals surface area contributed by atoms with E-state index in [1.54, 1.807) is 27.6 Å². The van der Waals surface area contributed by atoms with Crippen LogP contribution in [-0.4, -0.2) is 64.4 Å². The second-order valence-electron chi connectivity index (χ2n) is 4.83. The number of piperazine rings is 1. The summed E-state index contributed by atoms with van der Waals surface area (Å²) >= 11 is 3.37. The molecule has 21 heavy (non-hydrogen) atoms. The number of rotatable bonds is 3. The van der Waals surface area contributed by atoms with Gasteiger partial charge in [-0.25, -0.2) is 4.79 Å². The minimum Gasteiger partial charge on any atom is -0.450 e. The lowest BCUT2D eigenvalue weighted by Gasteiger charge is -2.34. The van der Waals surface area contributed by atoms with Gasteiger partial charge < -0.3 is 14.5 Å². The summed E-state index contributed by atoms with van der Waals surface area (Å²) < 4.78 is 7.47. The Labute approximate surface area is 132 Å². The van der Waals surface area contributed by atoms with Crippen LogP contribution in [-0.2, 0) is 16.1 Å². The molecule has 1 fully saturated rings. The number of halogens is 1. The van der Waals surface area contributed by atoms with Crippen LogP contribution in [0.5, 0.6) is 0 Å². The average molecular weight is 359 g/mol. The molecular formula is C13H19BrN4O3. The van der Waals surface area contributed by atoms with Crippen LogP contribution in [0.1, 0.15) is 12.6 Å². The zero-order valence-electron chi connectivity index (χ0n) is 12.2. The molecule has 1 aliphatic heterocycles. The van der Waals surface area contributed by atoms with E-state index in [4.69, 9.17) is 4.74 Å². The summed E-state index contributed by atoms with van der Waals surface area (Å²) in [6.45, 7) is 6.30. The van der Waals surface area contributed by atoms with Gasteiger partial charge in [-0.15, -0.1) is 0 Å². The first-order valence-electron chi connectivity index (χ1n) is 6.90. The molecular weight excluding hydrogens is 340 g/mol. The number of carbonyl (C=O) groups excluding carboxylic acids is 2. The maximum atomic E-state index is 12.2. The van der Waals surface area contributed by atoms with Crippen LogP contribution in [0.2, 0.25) is 0 Å². The van der Waals surface area contributed by atoms with E-state index in [1.807, 2.05) is 6.92 Å². The first-order valence-corrected chi connectivity index (χ1v) is 7.69. The largest absolute Gasteiger partial charge is 0.450 e. The molecule has 2 rings (SSSR count). The monoisotopic (exact) mass is 358 g/mol. The van der Waals surface area contributed by atoms with Crippen molar-refractivity contribution in [3.63, 3.8) is 0 Å². The normalized spacial score (nSPS) is 15.2. The zero-order valence-corrected chi connectivity index (χ0v) is 13.8. The van der Waals surface area contributed by atoms with Gasteiger partial charge in [0.2, 0.25) is 5.91 Å². The first-order chi connectivity index (χ1) is 10.0. The van der Waals surface area contributed by atoms with E-state index >= 15 is 0 Å². The molecule has 0 saturated carbocycles. The van der Waals surface area contributed by atoms with E-state index in [0.29, 0.717) is 32.8 Å². The highest BCUT2D eigenvalue weighted by Gasteiger charge is 2.25. The van der Waals surface area contributed by atoms with Gasteiger partial charge in [-0.2, -0.15) is 5.10 Å². The fourth-order valence-electron chi connectivity index (χ4n) is 2.17. The van der Waals surface area contributed by atoms with Gasteiger partial charge in [-0.05, 0) is 29.8 Å². The van der Waals surface area contributed by atoms with Crippen LogP contribution in [0.3, 0.4) is 0 Å². The van der Waals surface area contributed by atoms with Crippen molar-refractivity contribution < 1.29 is 14.3 Å². The van der Waals surface area contributed by atoms with Crippen LogP contribution >= 0.6 is 15.9 Å². The number of hydrogen-bond acceptors (Lipinski definition) is 4. The summed E-state index contributed by atoms with van der Waals surface area (Å²) in [5.74, 6) is 0.00788. The smallest absolute Gasteiger partial charge is 0.409 e. The van der Waals surface area contributed by atoms with Crippen molar-refractivity contribution in [1.82, 2.24) is 19.6 Å². The minimum absolute atomic E-state index is 0.00788. The maximum Gasteiger partial charge on any atom is 0.409 e. The van der Waals surface area contributed by atoms with E-state index in [2.05, 4.69) is 21.0 Å². The molecule has 2 heterocycles. The number of aromatic nitrogens is 2. The average Bonchev–Trinajstić information content (AvgIpc) is 2.77. The number of carbonyl (C=O) groups is 2. The SMILES string of the molecule is CCOC(=O)N1CCN(C(=O)Cn2cc(Br)c(C)n2)CC1. The lowest BCUT2D eigenvalue weighted by atomic mass is 10.3. The predicted octanol–water partition coefficient (Wildman–Crippen LogP) is 1.25. The molecule has 0 aromatic carbocycles. The number of hydrogen-bond donors (Lipinski definition) is 0. The quantitative estimate of drug-likeness (QED) is 0.815. The Morgan fingerprint density at radius 3 is 2.43 bits per heavy atom. The van der Waals surface area contributed by atoms with E-state index in [1.165, 1.54) is 0 Å². The van der Waals surface area contributed by atoms with E-state index in [9.17, 15) is 9.59 Å². The van der Waals surface area contributed by atoms with Crippen molar-refractivity contribution in [1.29, 1.82) is 0 Å². The summed E-state index contributed by atoms with van der Waals surface area (Å²) in [5, 5.41) is 4.25. The Balaban J connectivity index is 1.84. The summed E-state index contributed by atoms with van der Waals surface area (Å²) in [6.07, 6.45) is 1.48. The van der Waals surface area contributed by atoms with Gasteiger partial charge in [-0.3, -0.25) is 9.48 Å². The molecule has 0 radical (unpaired) electrons. The third kappa shape index (κ3) is 3.96. The van der Waals surface area contributed by atoms with Crippen molar-refractivity contribution in [2.24, 2.45) is 0 Å². The number of amides is 2.